The van der Waals surface area contributed by atoms with Crippen molar-refractivity contribution in [1.29, 1.82) is 0 Å². The molecule has 20 heavy (non-hydrogen) atoms. The predicted molar refractivity (Wildman–Crippen MR) is 73.9 cm³/mol. The van der Waals surface area contributed by atoms with Crippen LogP contribution in [0.1, 0.15) is 5.56 Å². The van der Waals surface area contributed by atoms with Crippen LogP contribution < -0.4 is 0 Å². The summed E-state index contributed by atoms with van der Waals surface area (Å²) >= 11 is 12.0. The van der Waals surface area contributed by atoms with Crippen LogP contribution >= 0.6 is 23.2 Å². The maximum absolute atomic E-state index is 12.7. The van der Waals surface area contributed by atoms with E-state index in [1.807, 2.05) is 0 Å². The zero-order chi connectivity index (χ0) is 14.0. The van der Waals surface area contributed by atoms with E-state index >= 15 is 0 Å². The van der Waals surface area contributed by atoms with E-state index in [9.17, 15) is 8.78 Å². The molecular formula is C14H10Cl2F2NY-. The van der Waals surface area contributed by atoms with Gasteiger partial charge in [0, 0.05) is 32.7 Å². The number of halogens is 4. The van der Waals surface area contributed by atoms with Crippen molar-refractivity contribution in [2.24, 2.45) is 0 Å². The Morgan fingerprint density at radius 3 is 2.50 bits per heavy atom. The second-order valence-electron chi connectivity index (χ2n) is 3.91. The van der Waals surface area contributed by atoms with Gasteiger partial charge >= 0.3 is 0 Å². The number of hydrogen-bond donors (Lipinski definition) is 0. The summed E-state index contributed by atoms with van der Waals surface area (Å²) in [5.74, 6) is 0. The molecule has 1 aliphatic rings. The molecule has 0 fully saturated rings. The molecule has 1 nitrogen and oxygen atoms in total. The molecule has 2 rings (SSSR count). The molecule has 1 aliphatic heterocycles. The van der Waals surface area contributed by atoms with Crippen LogP contribution in [0, 0.1) is 6.08 Å². The number of allylic oxidation sites excluding steroid dienone is 3. The van der Waals surface area contributed by atoms with Crippen molar-refractivity contribution < 1.29 is 41.5 Å². The van der Waals surface area contributed by atoms with Crippen molar-refractivity contribution in [2.75, 3.05) is 6.54 Å². The summed E-state index contributed by atoms with van der Waals surface area (Å²) in [6.07, 6.45) is 1.87. The molecule has 1 aromatic rings. The topological polar surface area (TPSA) is 3.24 Å². The van der Waals surface area contributed by atoms with Gasteiger partial charge < -0.3 is 4.90 Å². The van der Waals surface area contributed by atoms with Gasteiger partial charge in [0.1, 0.15) is 0 Å². The van der Waals surface area contributed by atoms with Gasteiger partial charge in [-0.25, -0.2) is 8.78 Å². The van der Waals surface area contributed by atoms with Gasteiger partial charge in [-0.2, -0.15) is 23.8 Å². The van der Waals surface area contributed by atoms with Crippen molar-refractivity contribution in [3.05, 3.63) is 64.3 Å². The quantitative estimate of drug-likeness (QED) is 0.677. The van der Waals surface area contributed by atoms with Crippen LogP contribution in [0.2, 0.25) is 5.02 Å². The Labute approximate surface area is 151 Å². The molecule has 0 saturated heterocycles. The summed E-state index contributed by atoms with van der Waals surface area (Å²) in [6, 6.07) is 6.97. The Balaban J connectivity index is 0.00000200. The van der Waals surface area contributed by atoms with E-state index in [4.69, 9.17) is 23.2 Å². The Morgan fingerprint density at radius 2 is 1.90 bits per heavy atom. The molecule has 0 saturated carbocycles. The van der Waals surface area contributed by atoms with E-state index in [2.05, 4.69) is 12.7 Å². The fraction of sp³-hybridized carbons (Fsp3) is 0.143. The SMILES string of the molecule is C=C1C(Cl)=C[C-]=C(c2ccccc2Cl)N1CC(F)F.[Y]. The van der Waals surface area contributed by atoms with E-state index in [0.717, 1.165) is 0 Å². The molecule has 1 aromatic carbocycles. The predicted octanol–water partition coefficient (Wildman–Crippen LogP) is 4.70. The number of benzene rings is 1. The molecule has 1 heterocycles. The van der Waals surface area contributed by atoms with Crippen LogP contribution in [0.4, 0.5) is 8.78 Å². The van der Waals surface area contributed by atoms with Crippen molar-refractivity contribution in [1.82, 2.24) is 4.90 Å². The van der Waals surface area contributed by atoms with Crippen LogP contribution in [0.25, 0.3) is 5.70 Å². The van der Waals surface area contributed by atoms with Gasteiger partial charge in [0.2, 0.25) is 0 Å². The average Bonchev–Trinajstić information content (AvgIpc) is 2.36. The fourth-order valence-electron chi connectivity index (χ4n) is 1.77. The third-order valence-corrected chi connectivity index (χ3v) is 3.31. The van der Waals surface area contributed by atoms with Gasteiger partial charge in [-0.15, -0.1) is 6.07 Å². The molecule has 103 valence electrons. The average molecular weight is 390 g/mol. The number of rotatable bonds is 3. The van der Waals surface area contributed by atoms with Crippen LogP contribution in [-0.4, -0.2) is 17.9 Å². The Morgan fingerprint density at radius 1 is 1.25 bits per heavy atom. The van der Waals surface area contributed by atoms with Gasteiger partial charge in [0.05, 0.1) is 6.54 Å². The van der Waals surface area contributed by atoms with Gasteiger partial charge in [-0.1, -0.05) is 47.6 Å². The van der Waals surface area contributed by atoms with E-state index in [-0.39, 0.29) is 37.7 Å². The van der Waals surface area contributed by atoms with Crippen LogP contribution in [0.3, 0.4) is 0 Å². The summed E-state index contributed by atoms with van der Waals surface area (Å²) in [6.45, 7) is 3.22. The van der Waals surface area contributed by atoms with Gasteiger partial charge in [0.15, 0.2) is 0 Å². The summed E-state index contributed by atoms with van der Waals surface area (Å²) in [5, 5.41) is 0.750. The van der Waals surface area contributed by atoms with Gasteiger partial charge in [-0.05, 0) is 15.8 Å². The monoisotopic (exact) mass is 389 g/mol. The van der Waals surface area contributed by atoms with Crippen molar-refractivity contribution in [3.63, 3.8) is 0 Å². The van der Waals surface area contributed by atoms with Crippen molar-refractivity contribution >= 4 is 28.9 Å². The first kappa shape index (κ1) is 17.8. The van der Waals surface area contributed by atoms with E-state index < -0.39 is 13.0 Å². The molecular weight excluding hydrogens is 380 g/mol. The van der Waals surface area contributed by atoms with Crippen molar-refractivity contribution in [3.8, 4) is 0 Å². The number of hydrogen-bond acceptors (Lipinski definition) is 1. The van der Waals surface area contributed by atoms with Gasteiger partial charge in [-0.3, -0.25) is 0 Å². The Hall–Kier alpha value is -0.216. The molecule has 0 amide bonds. The van der Waals surface area contributed by atoms with E-state index in [1.54, 1.807) is 24.3 Å². The zero-order valence-electron chi connectivity index (χ0n) is 10.4. The Bertz CT molecular complexity index is 570. The van der Waals surface area contributed by atoms with Crippen LogP contribution in [0.15, 0.2) is 47.6 Å². The first-order valence-corrected chi connectivity index (χ1v) is 6.25. The summed E-state index contributed by atoms with van der Waals surface area (Å²) in [4.78, 5) is 1.33. The largest absolute Gasteiger partial charge is 0.368 e. The summed E-state index contributed by atoms with van der Waals surface area (Å²) in [7, 11) is 0. The molecule has 1 radical (unpaired) electrons. The molecule has 0 aromatic heterocycles. The molecule has 0 aliphatic carbocycles. The minimum Gasteiger partial charge on any atom is -0.368 e. The van der Waals surface area contributed by atoms with Crippen LogP contribution in [-0.2, 0) is 32.7 Å². The first-order valence-electron chi connectivity index (χ1n) is 5.49. The number of nitrogens with zero attached hydrogens (tertiary/aromatic N) is 1. The van der Waals surface area contributed by atoms with Crippen molar-refractivity contribution in [2.45, 2.75) is 6.43 Å². The second-order valence-corrected chi connectivity index (χ2v) is 4.73. The standard InChI is InChI=1S/C14H10Cl2F2N.Y/c1-9-11(15)6-7-13(19(9)8-14(17)18)10-4-2-3-5-12(10)16;/h2-6,14H,1,8H2;/q-1;. The fourth-order valence-corrected chi connectivity index (χ4v) is 2.15. The molecule has 0 unspecified atom stereocenters. The van der Waals surface area contributed by atoms with E-state index in [0.29, 0.717) is 22.0 Å². The third-order valence-electron chi connectivity index (χ3n) is 2.66. The zero-order valence-corrected chi connectivity index (χ0v) is 14.8. The minimum atomic E-state index is -2.52. The summed E-state index contributed by atoms with van der Waals surface area (Å²) in [5.41, 5.74) is 1.38. The third kappa shape index (κ3) is 3.91. The first-order chi connectivity index (χ1) is 9.00. The number of alkyl halides is 2. The second kappa shape index (κ2) is 7.70. The normalized spacial score (nSPS) is 14.8. The maximum atomic E-state index is 12.7. The van der Waals surface area contributed by atoms with Gasteiger partial charge in [0.25, 0.3) is 6.43 Å². The Kier molecular flexibility index (Phi) is 6.86. The molecule has 0 spiro atoms. The van der Waals surface area contributed by atoms with E-state index in [1.165, 1.54) is 11.0 Å². The molecule has 0 N–H and O–H groups in total. The maximum Gasteiger partial charge on any atom is 0.256 e. The minimum absolute atomic E-state index is 0. The summed E-state index contributed by atoms with van der Waals surface area (Å²) < 4.78 is 25.4. The van der Waals surface area contributed by atoms with Crippen LogP contribution in [0.5, 0.6) is 0 Å². The molecule has 0 atom stereocenters. The molecule has 6 heteroatoms. The molecule has 0 bridgehead atoms. The smallest absolute Gasteiger partial charge is 0.256 e.